The Morgan fingerprint density at radius 2 is 1.85 bits per heavy atom. The Morgan fingerprint density at radius 1 is 1.15 bits per heavy atom. The number of ether oxygens (including phenoxy) is 1. The Hall–Kier alpha value is -2.37. The number of amides is 1. The summed E-state index contributed by atoms with van der Waals surface area (Å²) in [5.41, 5.74) is 2.78. The van der Waals surface area contributed by atoms with Crippen molar-refractivity contribution in [1.29, 1.82) is 0 Å². The van der Waals surface area contributed by atoms with Gasteiger partial charge in [-0.1, -0.05) is 72.5 Å². The van der Waals surface area contributed by atoms with Crippen LogP contribution in [0.4, 0.5) is 5.69 Å². The molecule has 2 aromatic carbocycles. The number of para-hydroxylation sites is 2. The standard InChI is InChI=1S/C21H19NO2S2/c1-3-24-18-12-8-7-11-17(18)22-20(23)19(26-21(22)25)14-15(2)13-16-9-5-4-6-10-16/h4-14H,3H2,1-2H3/b15-13+,19-14-. The molecule has 3 nitrogen and oxygen atoms in total. The van der Waals surface area contributed by atoms with Crippen LogP contribution in [0.1, 0.15) is 19.4 Å². The molecule has 1 heterocycles. The molecule has 1 saturated heterocycles. The van der Waals surface area contributed by atoms with E-state index in [4.69, 9.17) is 17.0 Å². The number of hydrogen-bond acceptors (Lipinski definition) is 4. The van der Waals surface area contributed by atoms with Gasteiger partial charge in [0.1, 0.15) is 5.75 Å². The number of nitrogens with zero attached hydrogens (tertiary/aromatic N) is 1. The van der Waals surface area contributed by atoms with Crippen molar-refractivity contribution < 1.29 is 9.53 Å². The fourth-order valence-electron chi connectivity index (χ4n) is 2.66. The molecule has 3 rings (SSSR count). The predicted molar refractivity (Wildman–Crippen MR) is 113 cm³/mol. The van der Waals surface area contributed by atoms with Crippen molar-refractivity contribution in [2.24, 2.45) is 0 Å². The third kappa shape index (κ3) is 4.06. The second-order valence-electron chi connectivity index (χ2n) is 5.72. The normalized spacial score (nSPS) is 16.5. The van der Waals surface area contributed by atoms with Gasteiger partial charge in [-0.2, -0.15) is 0 Å². The Kier molecular flexibility index (Phi) is 5.91. The Morgan fingerprint density at radius 3 is 2.58 bits per heavy atom. The van der Waals surface area contributed by atoms with Crippen LogP contribution < -0.4 is 9.64 Å². The summed E-state index contributed by atoms with van der Waals surface area (Å²) in [5, 5.41) is 0. The van der Waals surface area contributed by atoms with E-state index < -0.39 is 0 Å². The van der Waals surface area contributed by atoms with Gasteiger partial charge < -0.3 is 4.74 Å². The molecule has 1 aliphatic rings. The smallest absolute Gasteiger partial charge is 0.270 e. The molecule has 2 aromatic rings. The van der Waals surface area contributed by atoms with E-state index in [-0.39, 0.29) is 5.91 Å². The number of allylic oxidation sites excluding steroid dienone is 2. The summed E-state index contributed by atoms with van der Waals surface area (Å²) in [6.45, 7) is 4.42. The van der Waals surface area contributed by atoms with E-state index in [1.807, 2.05) is 80.6 Å². The topological polar surface area (TPSA) is 29.5 Å². The lowest BCUT2D eigenvalue weighted by molar-refractivity contribution is -0.113. The predicted octanol–water partition coefficient (Wildman–Crippen LogP) is 5.44. The van der Waals surface area contributed by atoms with Gasteiger partial charge >= 0.3 is 0 Å². The molecule has 0 aliphatic carbocycles. The fraction of sp³-hybridized carbons (Fsp3) is 0.143. The average Bonchev–Trinajstić information content (AvgIpc) is 2.90. The van der Waals surface area contributed by atoms with Gasteiger partial charge in [0.2, 0.25) is 0 Å². The first-order chi connectivity index (χ1) is 12.6. The highest BCUT2D eigenvalue weighted by Crippen LogP contribution is 2.39. The minimum atomic E-state index is -0.118. The molecule has 0 spiro atoms. The molecule has 0 N–H and O–H groups in total. The van der Waals surface area contributed by atoms with Crippen LogP contribution in [0.3, 0.4) is 0 Å². The molecular weight excluding hydrogens is 362 g/mol. The number of carbonyl (C=O) groups is 1. The quantitative estimate of drug-likeness (QED) is 0.510. The van der Waals surface area contributed by atoms with Crippen LogP contribution >= 0.6 is 24.0 Å². The molecule has 0 bridgehead atoms. The molecule has 5 heteroatoms. The van der Waals surface area contributed by atoms with E-state index in [1.165, 1.54) is 11.8 Å². The highest BCUT2D eigenvalue weighted by Gasteiger charge is 2.34. The van der Waals surface area contributed by atoms with Gasteiger partial charge in [-0.05, 0) is 43.2 Å². The zero-order valence-corrected chi connectivity index (χ0v) is 16.3. The SMILES string of the molecule is CCOc1ccccc1N1C(=O)/C(=C/C(C)=C/c2ccccc2)SC1=S. The Labute approximate surface area is 163 Å². The van der Waals surface area contributed by atoms with E-state index in [0.717, 1.165) is 11.1 Å². The van der Waals surface area contributed by atoms with Gasteiger partial charge in [-0.15, -0.1) is 0 Å². The number of thioether (sulfide) groups is 1. The van der Waals surface area contributed by atoms with Crippen LogP contribution in [0.15, 0.2) is 71.2 Å². The van der Waals surface area contributed by atoms with E-state index >= 15 is 0 Å². The molecule has 1 aliphatic heterocycles. The highest BCUT2D eigenvalue weighted by atomic mass is 32.2. The van der Waals surface area contributed by atoms with Crippen molar-refractivity contribution in [3.63, 3.8) is 0 Å². The Bertz CT molecular complexity index is 888. The first-order valence-corrected chi connectivity index (χ1v) is 9.55. The van der Waals surface area contributed by atoms with Crippen LogP contribution in [-0.2, 0) is 4.79 Å². The van der Waals surface area contributed by atoms with Gasteiger partial charge in [0.05, 0.1) is 17.2 Å². The molecule has 1 fully saturated rings. The fourth-order valence-corrected chi connectivity index (χ4v) is 3.99. The largest absolute Gasteiger partial charge is 0.492 e. The maximum absolute atomic E-state index is 12.9. The molecular formula is C21H19NO2S2. The van der Waals surface area contributed by atoms with Gasteiger partial charge in [0, 0.05) is 0 Å². The van der Waals surface area contributed by atoms with Crippen LogP contribution in [0, 0.1) is 0 Å². The number of rotatable bonds is 5. The highest BCUT2D eigenvalue weighted by molar-refractivity contribution is 8.27. The molecule has 0 saturated carbocycles. The van der Waals surface area contributed by atoms with Crippen molar-refractivity contribution in [3.05, 3.63) is 76.7 Å². The zero-order chi connectivity index (χ0) is 18.5. The second kappa shape index (κ2) is 8.34. The lowest BCUT2D eigenvalue weighted by Crippen LogP contribution is -2.28. The van der Waals surface area contributed by atoms with Gasteiger partial charge in [0.15, 0.2) is 4.32 Å². The number of anilines is 1. The number of carbonyl (C=O) groups excluding carboxylic acids is 1. The van der Waals surface area contributed by atoms with E-state index in [9.17, 15) is 4.79 Å². The second-order valence-corrected chi connectivity index (χ2v) is 7.39. The molecule has 0 radical (unpaired) electrons. The van der Waals surface area contributed by atoms with Crippen molar-refractivity contribution in [2.75, 3.05) is 11.5 Å². The van der Waals surface area contributed by atoms with E-state index in [0.29, 0.717) is 27.3 Å². The molecule has 26 heavy (non-hydrogen) atoms. The average molecular weight is 382 g/mol. The lowest BCUT2D eigenvalue weighted by Gasteiger charge is -2.18. The van der Waals surface area contributed by atoms with Gasteiger partial charge in [-0.3, -0.25) is 9.69 Å². The van der Waals surface area contributed by atoms with Gasteiger partial charge in [-0.25, -0.2) is 0 Å². The van der Waals surface area contributed by atoms with Crippen molar-refractivity contribution in [1.82, 2.24) is 0 Å². The molecule has 0 atom stereocenters. The van der Waals surface area contributed by atoms with Crippen LogP contribution in [-0.4, -0.2) is 16.8 Å². The summed E-state index contributed by atoms with van der Waals surface area (Å²) in [6, 6.07) is 17.5. The van der Waals surface area contributed by atoms with Gasteiger partial charge in [0.25, 0.3) is 5.91 Å². The van der Waals surface area contributed by atoms with Crippen LogP contribution in [0.2, 0.25) is 0 Å². The third-order valence-corrected chi connectivity index (χ3v) is 5.05. The maximum atomic E-state index is 12.9. The van der Waals surface area contributed by atoms with Crippen LogP contribution in [0.5, 0.6) is 5.75 Å². The van der Waals surface area contributed by atoms with Crippen molar-refractivity contribution >= 4 is 46.0 Å². The number of hydrogen-bond donors (Lipinski definition) is 0. The molecule has 132 valence electrons. The molecule has 1 amide bonds. The number of benzene rings is 2. The molecule has 0 unspecified atom stereocenters. The van der Waals surface area contributed by atoms with E-state index in [1.54, 1.807) is 4.90 Å². The molecule has 0 aromatic heterocycles. The Balaban J connectivity index is 1.89. The first kappa shape index (κ1) is 18.4. The monoisotopic (exact) mass is 381 g/mol. The minimum absolute atomic E-state index is 0.118. The summed E-state index contributed by atoms with van der Waals surface area (Å²) < 4.78 is 6.16. The van der Waals surface area contributed by atoms with Crippen molar-refractivity contribution in [3.8, 4) is 5.75 Å². The zero-order valence-electron chi connectivity index (χ0n) is 14.6. The third-order valence-electron chi connectivity index (χ3n) is 3.75. The summed E-state index contributed by atoms with van der Waals surface area (Å²) in [7, 11) is 0. The number of thiocarbonyl (C=S) groups is 1. The maximum Gasteiger partial charge on any atom is 0.270 e. The summed E-state index contributed by atoms with van der Waals surface area (Å²) in [5.74, 6) is 0.539. The minimum Gasteiger partial charge on any atom is -0.492 e. The first-order valence-electron chi connectivity index (χ1n) is 8.33. The van der Waals surface area contributed by atoms with E-state index in [2.05, 4.69) is 0 Å². The summed E-state index contributed by atoms with van der Waals surface area (Å²) >= 11 is 6.77. The van der Waals surface area contributed by atoms with Crippen molar-refractivity contribution in [2.45, 2.75) is 13.8 Å². The lowest BCUT2D eigenvalue weighted by atomic mass is 10.1. The van der Waals surface area contributed by atoms with Crippen LogP contribution in [0.25, 0.3) is 6.08 Å². The summed E-state index contributed by atoms with van der Waals surface area (Å²) in [4.78, 5) is 15.1. The summed E-state index contributed by atoms with van der Waals surface area (Å²) in [6.07, 6.45) is 3.93.